The summed E-state index contributed by atoms with van der Waals surface area (Å²) in [5.41, 5.74) is 0.160. The van der Waals surface area contributed by atoms with E-state index in [2.05, 4.69) is 21.2 Å². The molecule has 0 spiro atoms. The number of urea groups is 1. The number of rotatable bonds is 5. The van der Waals surface area contributed by atoms with Gasteiger partial charge in [-0.15, -0.1) is 0 Å². The molecule has 1 N–H and O–H groups in total. The first kappa shape index (κ1) is 23.3. The molecule has 1 unspecified atom stereocenters. The van der Waals surface area contributed by atoms with Crippen LogP contribution in [0.5, 0.6) is 0 Å². The molecule has 1 aliphatic rings. The Morgan fingerprint density at radius 2 is 1.94 bits per heavy atom. The van der Waals surface area contributed by atoms with Crippen LogP contribution < -0.4 is 10.2 Å². The second-order valence-electron chi connectivity index (χ2n) is 6.71. The normalized spacial score (nSPS) is 16.4. The first-order valence-corrected chi connectivity index (χ1v) is 10.6. The Labute approximate surface area is 190 Å². The topological polar surface area (TPSA) is 82.4 Å². The standard InChI is InChI=1S/C22H17BrF3N3O3/c1-2-32-20(30)18-17(11-23)29(16-5-3-4-15(10-16)22(24,25)26)21(31)28-19(18)14-8-6-13(12-27)7-9-14/h3-10,19H,2,11H2,1H3,(H,28,31). The van der Waals surface area contributed by atoms with Crippen molar-refractivity contribution in [2.75, 3.05) is 16.8 Å². The number of anilines is 1. The van der Waals surface area contributed by atoms with Crippen LogP contribution >= 0.6 is 15.9 Å². The maximum Gasteiger partial charge on any atom is 0.416 e. The van der Waals surface area contributed by atoms with Crippen molar-refractivity contribution in [2.45, 2.75) is 19.1 Å². The van der Waals surface area contributed by atoms with Crippen molar-refractivity contribution in [3.05, 3.63) is 76.5 Å². The lowest BCUT2D eigenvalue weighted by molar-refractivity contribution is -0.139. The highest BCUT2D eigenvalue weighted by atomic mass is 79.9. The lowest BCUT2D eigenvalue weighted by Gasteiger charge is -2.36. The Hall–Kier alpha value is -3.32. The molecule has 0 bridgehead atoms. The molecule has 3 rings (SSSR count). The first-order chi connectivity index (χ1) is 15.2. The number of nitriles is 1. The molecule has 0 fully saturated rings. The van der Waals surface area contributed by atoms with Gasteiger partial charge in [0.25, 0.3) is 0 Å². The molecule has 1 aliphatic heterocycles. The van der Waals surface area contributed by atoms with Crippen LogP contribution in [0.3, 0.4) is 0 Å². The van der Waals surface area contributed by atoms with E-state index in [4.69, 9.17) is 10.00 Å². The third-order valence-electron chi connectivity index (χ3n) is 4.77. The quantitative estimate of drug-likeness (QED) is 0.452. The van der Waals surface area contributed by atoms with Crippen molar-refractivity contribution < 1.29 is 27.5 Å². The third kappa shape index (κ3) is 4.62. The van der Waals surface area contributed by atoms with Gasteiger partial charge in [0.1, 0.15) is 0 Å². The molecule has 2 aromatic carbocycles. The number of amides is 2. The molecular formula is C22H17BrF3N3O3. The van der Waals surface area contributed by atoms with Crippen LogP contribution in [-0.4, -0.2) is 23.9 Å². The number of carbonyl (C=O) groups excluding carboxylic acids is 2. The van der Waals surface area contributed by atoms with Crippen molar-refractivity contribution in [1.82, 2.24) is 5.32 Å². The summed E-state index contributed by atoms with van der Waals surface area (Å²) in [5, 5.41) is 11.7. The predicted octanol–water partition coefficient (Wildman–Crippen LogP) is 5.06. The molecule has 0 radical (unpaired) electrons. The fourth-order valence-electron chi connectivity index (χ4n) is 3.34. The van der Waals surface area contributed by atoms with Gasteiger partial charge in [-0.05, 0) is 42.8 Å². The number of hydrogen-bond donors (Lipinski definition) is 1. The zero-order valence-corrected chi connectivity index (χ0v) is 18.3. The van der Waals surface area contributed by atoms with Gasteiger partial charge in [-0.1, -0.05) is 34.1 Å². The molecule has 6 nitrogen and oxygen atoms in total. The number of benzene rings is 2. The largest absolute Gasteiger partial charge is 0.463 e. The number of halogens is 4. The van der Waals surface area contributed by atoms with Gasteiger partial charge in [0, 0.05) is 5.33 Å². The lowest BCUT2D eigenvalue weighted by Crippen LogP contribution is -2.49. The maximum absolute atomic E-state index is 13.2. The number of hydrogen-bond acceptors (Lipinski definition) is 4. The number of carbonyl (C=O) groups is 2. The average molecular weight is 508 g/mol. The highest BCUT2D eigenvalue weighted by Crippen LogP contribution is 2.37. The fourth-order valence-corrected chi connectivity index (χ4v) is 3.89. The van der Waals surface area contributed by atoms with Crippen LogP contribution in [0.25, 0.3) is 0 Å². The van der Waals surface area contributed by atoms with Crippen molar-refractivity contribution >= 4 is 33.6 Å². The average Bonchev–Trinajstić information content (AvgIpc) is 2.78. The van der Waals surface area contributed by atoms with Gasteiger partial charge in [-0.2, -0.15) is 18.4 Å². The first-order valence-electron chi connectivity index (χ1n) is 9.45. The van der Waals surface area contributed by atoms with Gasteiger partial charge in [-0.3, -0.25) is 4.90 Å². The Morgan fingerprint density at radius 3 is 2.50 bits per heavy atom. The van der Waals surface area contributed by atoms with Crippen LogP contribution in [-0.2, 0) is 15.7 Å². The Bertz CT molecular complexity index is 1110. The lowest BCUT2D eigenvalue weighted by atomic mass is 9.94. The zero-order chi connectivity index (χ0) is 23.5. The SMILES string of the molecule is CCOC(=O)C1=C(CBr)N(c2cccc(C(F)(F)F)c2)C(=O)NC1c1ccc(C#N)cc1. The third-order valence-corrected chi connectivity index (χ3v) is 5.30. The maximum atomic E-state index is 13.2. The smallest absolute Gasteiger partial charge is 0.416 e. The van der Waals surface area contributed by atoms with Crippen LogP contribution in [0.1, 0.15) is 29.7 Å². The van der Waals surface area contributed by atoms with E-state index >= 15 is 0 Å². The van der Waals surface area contributed by atoms with Crippen LogP contribution in [0.4, 0.5) is 23.7 Å². The Balaban J connectivity index is 2.18. The van der Waals surface area contributed by atoms with E-state index in [1.165, 1.54) is 24.3 Å². The van der Waals surface area contributed by atoms with Crippen LogP contribution in [0.15, 0.2) is 59.8 Å². The van der Waals surface area contributed by atoms with E-state index in [1.807, 2.05) is 6.07 Å². The summed E-state index contributed by atoms with van der Waals surface area (Å²) in [6, 6.07) is 10.9. The van der Waals surface area contributed by atoms with Crippen molar-refractivity contribution in [2.24, 2.45) is 0 Å². The number of nitrogens with one attached hydrogen (secondary N) is 1. The number of esters is 1. The molecule has 10 heteroatoms. The van der Waals surface area contributed by atoms with Crippen molar-refractivity contribution in [1.29, 1.82) is 5.26 Å². The Kier molecular flexibility index (Phi) is 6.89. The van der Waals surface area contributed by atoms with Gasteiger partial charge in [0.2, 0.25) is 0 Å². The van der Waals surface area contributed by atoms with E-state index in [9.17, 15) is 22.8 Å². The number of alkyl halides is 4. The van der Waals surface area contributed by atoms with Gasteiger partial charge >= 0.3 is 18.2 Å². The molecular weight excluding hydrogens is 491 g/mol. The second kappa shape index (κ2) is 9.44. The molecule has 1 heterocycles. The number of nitrogens with zero attached hydrogens (tertiary/aromatic N) is 2. The van der Waals surface area contributed by atoms with E-state index < -0.39 is 29.8 Å². The van der Waals surface area contributed by atoms with Gasteiger partial charge < -0.3 is 10.1 Å². The summed E-state index contributed by atoms with van der Waals surface area (Å²) in [6.07, 6.45) is -4.60. The molecule has 166 valence electrons. The van der Waals surface area contributed by atoms with Gasteiger partial charge in [0.15, 0.2) is 0 Å². The van der Waals surface area contributed by atoms with Crippen molar-refractivity contribution in [3.63, 3.8) is 0 Å². The van der Waals surface area contributed by atoms with E-state index in [-0.39, 0.29) is 28.9 Å². The summed E-state index contributed by atoms with van der Waals surface area (Å²) in [5.74, 6) is -0.715. The Morgan fingerprint density at radius 1 is 1.25 bits per heavy atom. The summed E-state index contributed by atoms with van der Waals surface area (Å²) in [6.45, 7) is 1.68. The van der Waals surface area contributed by atoms with Crippen molar-refractivity contribution in [3.8, 4) is 6.07 Å². The highest BCUT2D eigenvalue weighted by molar-refractivity contribution is 9.09. The molecule has 0 saturated heterocycles. The molecule has 2 aromatic rings. The summed E-state index contributed by atoms with van der Waals surface area (Å²) in [4.78, 5) is 26.9. The van der Waals surface area contributed by atoms with Gasteiger partial charge in [0.05, 0.1) is 46.8 Å². The minimum atomic E-state index is -4.60. The van der Waals surface area contributed by atoms with E-state index in [0.29, 0.717) is 11.1 Å². The minimum Gasteiger partial charge on any atom is -0.463 e. The molecule has 0 aromatic heterocycles. The molecule has 0 aliphatic carbocycles. The van der Waals surface area contributed by atoms with Crippen LogP contribution in [0.2, 0.25) is 0 Å². The number of allylic oxidation sites excluding steroid dienone is 1. The predicted molar refractivity (Wildman–Crippen MR) is 114 cm³/mol. The summed E-state index contributed by atoms with van der Waals surface area (Å²) < 4.78 is 44.9. The monoisotopic (exact) mass is 507 g/mol. The molecule has 1 atom stereocenters. The highest BCUT2D eigenvalue weighted by Gasteiger charge is 2.39. The zero-order valence-electron chi connectivity index (χ0n) is 16.7. The minimum absolute atomic E-state index is 0.00239. The second-order valence-corrected chi connectivity index (χ2v) is 7.28. The fraction of sp³-hybridized carbons (Fsp3) is 0.227. The van der Waals surface area contributed by atoms with Crippen LogP contribution in [0, 0.1) is 11.3 Å². The molecule has 32 heavy (non-hydrogen) atoms. The van der Waals surface area contributed by atoms with E-state index in [1.54, 1.807) is 19.1 Å². The summed E-state index contributed by atoms with van der Waals surface area (Å²) in [7, 11) is 0. The number of ether oxygens (including phenoxy) is 1. The molecule has 0 saturated carbocycles. The van der Waals surface area contributed by atoms with E-state index in [0.717, 1.165) is 17.0 Å². The van der Waals surface area contributed by atoms with Gasteiger partial charge in [-0.25, -0.2) is 9.59 Å². The molecule has 2 amide bonds. The summed E-state index contributed by atoms with van der Waals surface area (Å²) >= 11 is 3.26.